The molecule has 3 rings (SSSR count). The minimum absolute atomic E-state index is 0.0494. The molecule has 0 aliphatic rings. The topological polar surface area (TPSA) is 76.3 Å². The fourth-order valence-electron chi connectivity index (χ4n) is 2.47. The number of halogens is 2. The fraction of sp³-hybridized carbons (Fsp3) is 0.222. The van der Waals surface area contributed by atoms with Gasteiger partial charge in [0, 0.05) is 11.6 Å². The summed E-state index contributed by atoms with van der Waals surface area (Å²) in [6.45, 7) is 3.48. The molecular formula is C18H17Cl2N3O3S. The summed E-state index contributed by atoms with van der Waals surface area (Å²) in [5.74, 6) is 0.535. The molecule has 9 heteroatoms. The first-order valence-corrected chi connectivity index (χ1v) is 10.3. The van der Waals surface area contributed by atoms with E-state index in [0.29, 0.717) is 5.89 Å². The minimum Gasteiger partial charge on any atom is -0.419 e. The van der Waals surface area contributed by atoms with Gasteiger partial charge in [-0.1, -0.05) is 41.4 Å². The fourth-order valence-corrected chi connectivity index (χ4v) is 4.44. The van der Waals surface area contributed by atoms with Crippen molar-refractivity contribution < 1.29 is 12.8 Å². The summed E-state index contributed by atoms with van der Waals surface area (Å²) in [7, 11) is -3.83. The van der Waals surface area contributed by atoms with E-state index in [1.54, 1.807) is 13.8 Å². The smallest absolute Gasteiger partial charge is 0.247 e. The van der Waals surface area contributed by atoms with Crippen LogP contribution in [0.15, 0.2) is 57.8 Å². The van der Waals surface area contributed by atoms with Crippen LogP contribution < -0.4 is 0 Å². The molecule has 0 atom stereocenters. The molecule has 6 nitrogen and oxygen atoms in total. The Labute approximate surface area is 167 Å². The Morgan fingerprint density at radius 3 is 2.37 bits per heavy atom. The minimum atomic E-state index is -3.83. The van der Waals surface area contributed by atoms with Gasteiger partial charge in [-0.25, -0.2) is 8.42 Å². The molecule has 0 aliphatic carbocycles. The molecular weight excluding hydrogens is 409 g/mol. The maximum Gasteiger partial charge on any atom is 0.247 e. The van der Waals surface area contributed by atoms with Gasteiger partial charge in [0.2, 0.25) is 21.8 Å². The van der Waals surface area contributed by atoms with E-state index in [0.717, 1.165) is 5.56 Å². The lowest BCUT2D eigenvalue weighted by Gasteiger charge is -2.24. The van der Waals surface area contributed by atoms with E-state index in [9.17, 15) is 8.42 Å². The maximum atomic E-state index is 13.1. The molecule has 0 amide bonds. The largest absolute Gasteiger partial charge is 0.419 e. The molecule has 0 unspecified atom stereocenters. The third-order valence-electron chi connectivity index (χ3n) is 3.85. The number of hydrogen-bond donors (Lipinski definition) is 0. The van der Waals surface area contributed by atoms with Crippen molar-refractivity contribution in [3.63, 3.8) is 0 Å². The number of nitrogens with zero attached hydrogens (tertiary/aromatic N) is 3. The summed E-state index contributed by atoms with van der Waals surface area (Å²) in [4.78, 5) is 0.0494. The average Bonchev–Trinajstić information content (AvgIpc) is 3.11. The van der Waals surface area contributed by atoms with Crippen LogP contribution in [0.25, 0.3) is 11.5 Å². The lowest BCUT2D eigenvalue weighted by molar-refractivity contribution is 0.313. The van der Waals surface area contributed by atoms with Crippen molar-refractivity contribution in [3.8, 4) is 11.5 Å². The van der Waals surface area contributed by atoms with Gasteiger partial charge in [0.15, 0.2) is 0 Å². The summed E-state index contributed by atoms with van der Waals surface area (Å²) >= 11 is 11.9. The molecule has 0 aliphatic heterocycles. The van der Waals surface area contributed by atoms with E-state index >= 15 is 0 Å². The number of rotatable bonds is 6. The predicted octanol–water partition coefficient (Wildman–Crippen LogP) is 4.64. The first kappa shape index (κ1) is 19.8. The first-order chi connectivity index (χ1) is 12.8. The van der Waals surface area contributed by atoms with Gasteiger partial charge in [-0.3, -0.25) is 0 Å². The van der Waals surface area contributed by atoms with Crippen LogP contribution in [0.5, 0.6) is 0 Å². The number of sulfonamides is 1. The first-order valence-electron chi connectivity index (χ1n) is 8.13. The van der Waals surface area contributed by atoms with Crippen molar-refractivity contribution in [2.24, 2.45) is 0 Å². The molecule has 142 valence electrons. The molecule has 0 radical (unpaired) electrons. The summed E-state index contributed by atoms with van der Waals surface area (Å²) < 4.78 is 33.0. The van der Waals surface area contributed by atoms with Crippen molar-refractivity contribution in [1.29, 1.82) is 0 Å². The highest BCUT2D eigenvalue weighted by Crippen LogP contribution is 2.28. The Morgan fingerprint density at radius 1 is 1.04 bits per heavy atom. The highest BCUT2D eigenvalue weighted by Gasteiger charge is 2.29. The Balaban J connectivity index is 1.90. The third-order valence-corrected chi connectivity index (χ3v) is 6.61. The highest BCUT2D eigenvalue weighted by molar-refractivity contribution is 7.89. The van der Waals surface area contributed by atoms with Gasteiger partial charge in [0.25, 0.3) is 0 Å². The molecule has 1 aromatic heterocycles. The van der Waals surface area contributed by atoms with Crippen LogP contribution in [0.2, 0.25) is 10.0 Å². The van der Waals surface area contributed by atoms with Gasteiger partial charge < -0.3 is 4.42 Å². The van der Waals surface area contributed by atoms with Crippen molar-refractivity contribution in [1.82, 2.24) is 14.5 Å². The Bertz CT molecular complexity index is 1040. The zero-order valence-corrected chi connectivity index (χ0v) is 17.0. The average molecular weight is 426 g/mol. The summed E-state index contributed by atoms with van der Waals surface area (Å²) in [5, 5.41) is 8.45. The van der Waals surface area contributed by atoms with Crippen LogP contribution in [-0.2, 0) is 16.6 Å². The Kier molecular flexibility index (Phi) is 5.86. The third kappa shape index (κ3) is 4.32. The standard InChI is InChI=1S/C18H17Cl2N3O3S/c1-12(2)23(27(24,25)14-8-9-15(19)16(20)10-14)11-17-21-22-18(26-17)13-6-4-3-5-7-13/h3-10,12H,11H2,1-2H3. The van der Waals surface area contributed by atoms with Crippen LogP contribution in [0.3, 0.4) is 0 Å². The molecule has 27 heavy (non-hydrogen) atoms. The maximum absolute atomic E-state index is 13.1. The lowest BCUT2D eigenvalue weighted by Crippen LogP contribution is -2.36. The van der Waals surface area contributed by atoms with Gasteiger partial charge in [0.1, 0.15) is 0 Å². The van der Waals surface area contributed by atoms with Crippen LogP contribution in [-0.4, -0.2) is 29.0 Å². The molecule has 2 aromatic carbocycles. The van der Waals surface area contributed by atoms with Crippen LogP contribution in [0, 0.1) is 0 Å². The Morgan fingerprint density at radius 2 is 1.74 bits per heavy atom. The van der Waals surface area contributed by atoms with Crippen LogP contribution in [0.4, 0.5) is 0 Å². The van der Waals surface area contributed by atoms with Gasteiger partial charge in [0.05, 0.1) is 21.5 Å². The van der Waals surface area contributed by atoms with E-state index in [4.69, 9.17) is 27.6 Å². The van der Waals surface area contributed by atoms with Crippen molar-refractivity contribution >= 4 is 33.2 Å². The SMILES string of the molecule is CC(C)N(Cc1nnc(-c2ccccc2)o1)S(=O)(=O)c1ccc(Cl)c(Cl)c1. The lowest BCUT2D eigenvalue weighted by atomic mass is 10.2. The molecule has 0 bridgehead atoms. The normalized spacial score (nSPS) is 12.1. The zero-order valence-electron chi connectivity index (χ0n) is 14.6. The van der Waals surface area contributed by atoms with Crippen LogP contribution >= 0.6 is 23.2 Å². The second-order valence-corrected chi connectivity index (χ2v) is 8.79. The molecule has 0 spiro atoms. The summed E-state index contributed by atoms with van der Waals surface area (Å²) in [5.41, 5.74) is 0.764. The van der Waals surface area contributed by atoms with E-state index < -0.39 is 10.0 Å². The molecule has 0 saturated carbocycles. The molecule has 0 N–H and O–H groups in total. The van der Waals surface area contributed by atoms with Gasteiger partial charge >= 0.3 is 0 Å². The Hall–Kier alpha value is -1.93. The summed E-state index contributed by atoms with van der Waals surface area (Å²) in [6.07, 6.45) is 0. The second kappa shape index (κ2) is 7.98. The van der Waals surface area contributed by atoms with Crippen LogP contribution in [0.1, 0.15) is 19.7 Å². The second-order valence-electron chi connectivity index (χ2n) is 6.09. The van der Waals surface area contributed by atoms with E-state index in [1.165, 1.54) is 22.5 Å². The van der Waals surface area contributed by atoms with Crippen molar-refractivity contribution in [2.45, 2.75) is 31.3 Å². The molecule has 0 fully saturated rings. The molecule has 1 heterocycles. The van der Waals surface area contributed by atoms with E-state index in [1.807, 2.05) is 30.3 Å². The zero-order chi connectivity index (χ0) is 19.6. The van der Waals surface area contributed by atoms with Gasteiger partial charge in [-0.15, -0.1) is 10.2 Å². The van der Waals surface area contributed by atoms with E-state index in [2.05, 4.69) is 10.2 Å². The number of hydrogen-bond acceptors (Lipinski definition) is 5. The van der Waals surface area contributed by atoms with Gasteiger partial charge in [-0.05, 0) is 44.2 Å². The predicted molar refractivity (Wildman–Crippen MR) is 104 cm³/mol. The molecule has 3 aromatic rings. The number of benzene rings is 2. The molecule has 0 saturated heterocycles. The summed E-state index contributed by atoms with van der Waals surface area (Å²) in [6, 6.07) is 13.1. The van der Waals surface area contributed by atoms with Crippen molar-refractivity contribution in [3.05, 3.63) is 64.5 Å². The van der Waals surface area contributed by atoms with Gasteiger partial charge in [-0.2, -0.15) is 4.31 Å². The number of aromatic nitrogens is 2. The highest BCUT2D eigenvalue weighted by atomic mass is 35.5. The van der Waals surface area contributed by atoms with Crippen molar-refractivity contribution in [2.75, 3.05) is 0 Å². The quantitative estimate of drug-likeness (QED) is 0.574. The monoisotopic (exact) mass is 425 g/mol. The van der Waals surface area contributed by atoms with E-state index in [-0.39, 0.29) is 33.4 Å².